The molecule has 0 spiro atoms. The van der Waals surface area contributed by atoms with Crippen LogP contribution in [-0.2, 0) is 13.1 Å². The number of guanidine groups is 1. The van der Waals surface area contributed by atoms with Crippen LogP contribution < -0.4 is 15.4 Å². The molecule has 2 N–H and O–H groups in total. The van der Waals surface area contributed by atoms with Gasteiger partial charge in [-0.15, -0.1) is 24.0 Å². The summed E-state index contributed by atoms with van der Waals surface area (Å²) in [4.78, 5) is 14.5. The number of nitrogens with one attached hydrogen (secondary N) is 2. The minimum absolute atomic E-state index is 0. The summed E-state index contributed by atoms with van der Waals surface area (Å²) in [5, 5.41) is 17.1. The number of nitro benzene ring substituents is 1. The molecule has 2 rings (SSSR count). The van der Waals surface area contributed by atoms with Crippen LogP contribution in [0.25, 0.3) is 0 Å². The van der Waals surface area contributed by atoms with E-state index in [9.17, 15) is 10.1 Å². The van der Waals surface area contributed by atoms with Crippen LogP contribution in [0.15, 0.2) is 53.5 Å². The number of methoxy groups -OCH3 is 1. The molecular weight excluding hydrogens is 435 g/mol. The highest BCUT2D eigenvalue weighted by Gasteiger charge is 2.06. The van der Waals surface area contributed by atoms with Crippen LogP contribution in [-0.4, -0.2) is 25.0 Å². The van der Waals surface area contributed by atoms with Gasteiger partial charge in [-0.05, 0) is 23.3 Å². The fourth-order valence-electron chi connectivity index (χ4n) is 2.12. The van der Waals surface area contributed by atoms with Crippen molar-refractivity contribution < 1.29 is 9.66 Å². The first-order chi connectivity index (χ1) is 11.6. The molecule has 7 nitrogen and oxygen atoms in total. The van der Waals surface area contributed by atoms with E-state index < -0.39 is 4.92 Å². The molecule has 8 heteroatoms. The van der Waals surface area contributed by atoms with Crippen molar-refractivity contribution in [3.05, 3.63) is 69.8 Å². The third kappa shape index (κ3) is 6.57. The molecule has 0 heterocycles. The van der Waals surface area contributed by atoms with Gasteiger partial charge >= 0.3 is 0 Å². The summed E-state index contributed by atoms with van der Waals surface area (Å²) in [5.74, 6) is 1.43. The number of aliphatic imine (C=N–C) groups is 1. The van der Waals surface area contributed by atoms with Crippen LogP contribution >= 0.6 is 24.0 Å². The average molecular weight is 456 g/mol. The van der Waals surface area contributed by atoms with E-state index in [0.29, 0.717) is 19.0 Å². The number of non-ortho nitro benzene ring substituents is 1. The zero-order chi connectivity index (χ0) is 17.4. The third-order valence-corrected chi connectivity index (χ3v) is 3.42. The highest BCUT2D eigenvalue weighted by Crippen LogP contribution is 2.13. The minimum atomic E-state index is -0.403. The van der Waals surface area contributed by atoms with Crippen LogP contribution in [0.3, 0.4) is 0 Å². The van der Waals surface area contributed by atoms with E-state index >= 15 is 0 Å². The maximum absolute atomic E-state index is 10.8. The molecular formula is C17H21IN4O3. The Morgan fingerprint density at radius 3 is 2.32 bits per heavy atom. The minimum Gasteiger partial charge on any atom is -0.497 e. The number of hydrogen-bond donors (Lipinski definition) is 2. The van der Waals surface area contributed by atoms with Gasteiger partial charge < -0.3 is 15.4 Å². The molecule has 134 valence electrons. The van der Waals surface area contributed by atoms with Crippen molar-refractivity contribution in [1.82, 2.24) is 10.6 Å². The molecule has 0 aliphatic carbocycles. The maximum atomic E-state index is 10.8. The molecule has 0 saturated heterocycles. The topological polar surface area (TPSA) is 88.8 Å². The second-order valence-corrected chi connectivity index (χ2v) is 5.05. The number of nitro groups is 1. The maximum Gasteiger partial charge on any atom is 0.269 e. The van der Waals surface area contributed by atoms with Crippen molar-refractivity contribution in [2.24, 2.45) is 4.99 Å². The van der Waals surface area contributed by atoms with Crippen LogP contribution in [0.4, 0.5) is 5.69 Å². The van der Waals surface area contributed by atoms with Gasteiger partial charge in [0, 0.05) is 32.3 Å². The van der Waals surface area contributed by atoms with E-state index in [2.05, 4.69) is 15.6 Å². The molecule has 0 aliphatic rings. The molecule has 25 heavy (non-hydrogen) atoms. The summed E-state index contributed by atoms with van der Waals surface area (Å²) >= 11 is 0. The number of halogens is 1. The van der Waals surface area contributed by atoms with E-state index in [-0.39, 0.29) is 29.7 Å². The van der Waals surface area contributed by atoms with E-state index in [1.807, 2.05) is 30.3 Å². The normalized spacial score (nSPS) is 10.6. The predicted octanol–water partition coefficient (Wildman–Crippen LogP) is 3.09. The molecule has 0 unspecified atom stereocenters. The number of hydrogen-bond acceptors (Lipinski definition) is 4. The smallest absolute Gasteiger partial charge is 0.269 e. The summed E-state index contributed by atoms with van der Waals surface area (Å²) in [5.41, 5.74) is 1.99. The summed E-state index contributed by atoms with van der Waals surface area (Å²) < 4.78 is 5.13. The van der Waals surface area contributed by atoms with Gasteiger partial charge in [-0.2, -0.15) is 0 Å². The van der Waals surface area contributed by atoms with E-state index in [1.54, 1.807) is 26.3 Å². The van der Waals surface area contributed by atoms with Crippen molar-refractivity contribution in [1.29, 1.82) is 0 Å². The highest BCUT2D eigenvalue weighted by atomic mass is 127. The fourth-order valence-corrected chi connectivity index (χ4v) is 2.12. The summed E-state index contributed by atoms with van der Waals surface area (Å²) in [7, 11) is 3.31. The lowest BCUT2D eigenvalue weighted by atomic mass is 10.2. The lowest BCUT2D eigenvalue weighted by Gasteiger charge is -2.12. The molecule has 0 radical (unpaired) electrons. The number of nitrogens with zero attached hydrogens (tertiary/aromatic N) is 2. The molecule has 0 amide bonds. The highest BCUT2D eigenvalue weighted by molar-refractivity contribution is 14.0. The van der Waals surface area contributed by atoms with Gasteiger partial charge in [0.2, 0.25) is 0 Å². The van der Waals surface area contributed by atoms with Gasteiger partial charge in [0.15, 0.2) is 5.96 Å². The molecule has 2 aromatic carbocycles. The standard InChI is InChI=1S/C17H20N4O3.HI/c1-18-17(19-11-13-6-8-16(24-2)9-7-13)20-12-14-4-3-5-15(10-14)21(22)23;/h3-10H,11-12H2,1-2H3,(H2,18,19,20);1H. The first-order valence-electron chi connectivity index (χ1n) is 7.43. The van der Waals surface area contributed by atoms with E-state index in [0.717, 1.165) is 16.9 Å². The van der Waals surface area contributed by atoms with E-state index in [4.69, 9.17) is 4.74 Å². The van der Waals surface area contributed by atoms with Gasteiger partial charge in [0.25, 0.3) is 5.69 Å². The third-order valence-electron chi connectivity index (χ3n) is 3.42. The second kappa shape index (κ2) is 10.5. The molecule has 2 aromatic rings. The number of benzene rings is 2. The molecule has 0 fully saturated rings. The Morgan fingerprint density at radius 1 is 1.12 bits per heavy atom. The average Bonchev–Trinajstić information content (AvgIpc) is 2.62. The SMILES string of the molecule is CN=C(NCc1ccc(OC)cc1)NCc1cccc([N+](=O)[O-])c1.I. The van der Waals surface area contributed by atoms with Crippen LogP contribution in [0, 0.1) is 10.1 Å². The lowest BCUT2D eigenvalue weighted by Crippen LogP contribution is -2.36. The Morgan fingerprint density at radius 2 is 1.76 bits per heavy atom. The Balaban J connectivity index is 0.00000312. The van der Waals surface area contributed by atoms with Crippen LogP contribution in [0.2, 0.25) is 0 Å². The van der Waals surface area contributed by atoms with Gasteiger partial charge in [0.1, 0.15) is 5.75 Å². The molecule has 0 bridgehead atoms. The van der Waals surface area contributed by atoms with Crippen molar-refractivity contribution >= 4 is 35.6 Å². The zero-order valence-corrected chi connectivity index (χ0v) is 16.4. The van der Waals surface area contributed by atoms with Gasteiger partial charge in [-0.25, -0.2) is 0 Å². The van der Waals surface area contributed by atoms with E-state index in [1.165, 1.54) is 6.07 Å². The Labute approximate surface area is 163 Å². The van der Waals surface area contributed by atoms with Gasteiger partial charge in [0.05, 0.1) is 12.0 Å². The Kier molecular flexibility index (Phi) is 8.68. The predicted molar refractivity (Wildman–Crippen MR) is 109 cm³/mol. The fraction of sp³-hybridized carbons (Fsp3) is 0.235. The first-order valence-corrected chi connectivity index (χ1v) is 7.43. The molecule has 0 aliphatic heterocycles. The number of rotatable bonds is 6. The molecule has 0 aromatic heterocycles. The zero-order valence-electron chi connectivity index (χ0n) is 14.1. The van der Waals surface area contributed by atoms with Gasteiger partial charge in [-0.3, -0.25) is 15.1 Å². The quantitative estimate of drug-likeness (QED) is 0.229. The van der Waals surface area contributed by atoms with Crippen molar-refractivity contribution in [2.45, 2.75) is 13.1 Å². The second-order valence-electron chi connectivity index (χ2n) is 5.05. The molecule has 0 saturated carbocycles. The lowest BCUT2D eigenvalue weighted by molar-refractivity contribution is -0.384. The van der Waals surface area contributed by atoms with Crippen LogP contribution in [0.1, 0.15) is 11.1 Å². The monoisotopic (exact) mass is 456 g/mol. The first kappa shape index (κ1) is 20.7. The Bertz CT molecular complexity index is 720. The Hall–Kier alpha value is -2.36. The molecule has 0 atom stereocenters. The summed E-state index contributed by atoms with van der Waals surface area (Å²) in [6.45, 7) is 1.06. The van der Waals surface area contributed by atoms with Crippen LogP contribution in [0.5, 0.6) is 5.75 Å². The summed E-state index contributed by atoms with van der Waals surface area (Å²) in [6, 6.07) is 14.3. The number of ether oxygens (including phenoxy) is 1. The van der Waals surface area contributed by atoms with Gasteiger partial charge in [-0.1, -0.05) is 24.3 Å². The van der Waals surface area contributed by atoms with Crippen molar-refractivity contribution in [3.8, 4) is 5.75 Å². The largest absolute Gasteiger partial charge is 0.497 e. The summed E-state index contributed by atoms with van der Waals surface area (Å²) in [6.07, 6.45) is 0. The van der Waals surface area contributed by atoms with Crippen molar-refractivity contribution in [2.75, 3.05) is 14.2 Å². The van der Waals surface area contributed by atoms with Crippen molar-refractivity contribution in [3.63, 3.8) is 0 Å².